The SMILES string of the molecule is O=C(O)CCC(=O)N(Cc1ccc2c(c1)OCO2)[C@@H]1CC(=O)N(c2ccc(Cl)cc2)C1=O. The number of aliphatic carboxylic acids is 1. The number of carbonyl (C=O) groups excluding carboxylic acids is 3. The van der Waals surface area contributed by atoms with Crippen molar-refractivity contribution in [1.82, 2.24) is 4.90 Å². The van der Waals surface area contributed by atoms with Gasteiger partial charge in [0.05, 0.1) is 18.5 Å². The van der Waals surface area contributed by atoms with Crippen LogP contribution in [0, 0.1) is 0 Å². The molecule has 0 unspecified atom stereocenters. The van der Waals surface area contributed by atoms with Gasteiger partial charge in [0.15, 0.2) is 11.5 Å². The molecule has 2 aliphatic rings. The van der Waals surface area contributed by atoms with Gasteiger partial charge in [0.1, 0.15) is 6.04 Å². The van der Waals surface area contributed by atoms with Crippen LogP contribution in [0.5, 0.6) is 11.5 Å². The number of imide groups is 1. The van der Waals surface area contributed by atoms with Crippen LogP contribution in [-0.4, -0.2) is 46.5 Å². The number of rotatable bonds is 7. The molecule has 10 heteroatoms. The summed E-state index contributed by atoms with van der Waals surface area (Å²) >= 11 is 5.89. The Morgan fingerprint density at radius 1 is 1.06 bits per heavy atom. The first kappa shape index (κ1) is 21.6. The summed E-state index contributed by atoms with van der Waals surface area (Å²) in [5.41, 5.74) is 1.01. The van der Waals surface area contributed by atoms with E-state index in [-0.39, 0.29) is 32.6 Å². The minimum Gasteiger partial charge on any atom is -0.481 e. The lowest BCUT2D eigenvalue weighted by Crippen LogP contribution is -2.45. The first-order chi connectivity index (χ1) is 15.3. The van der Waals surface area contributed by atoms with Crippen LogP contribution in [0.4, 0.5) is 5.69 Å². The van der Waals surface area contributed by atoms with Crippen molar-refractivity contribution in [3.63, 3.8) is 0 Å². The summed E-state index contributed by atoms with van der Waals surface area (Å²) in [4.78, 5) is 52.0. The number of halogens is 1. The topological polar surface area (TPSA) is 113 Å². The molecule has 0 aromatic heterocycles. The molecule has 0 bridgehead atoms. The fraction of sp³-hybridized carbons (Fsp3) is 0.273. The van der Waals surface area contributed by atoms with E-state index in [0.29, 0.717) is 27.8 Å². The third-order valence-electron chi connectivity index (χ3n) is 5.25. The predicted octanol–water partition coefficient (Wildman–Crippen LogP) is 2.59. The molecule has 0 saturated carbocycles. The summed E-state index contributed by atoms with van der Waals surface area (Å²) in [6.07, 6.45) is -0.879. The molecule has 1 fully saturated rings. The van der Waals surface area contributed by atoms with E-state index in [0.717, 1.165) is 4.90 Å². The minimum atomic E-state index is -1.13. The van der Waals surface area contributed by atoms with E-state index in [9.17, 15) is 19.2 Å². The summed E-state index contributed by atoms with van der Waals surface area (Å²) in [5, 5.41) is 9.43. The van der Waals surface area contributed by atoms with E-state index in [4.69, 9.17) is 26.2 Å². The summed E-state index contributed by atoms with van der Waals surface area (Å²) in [6, 6.07) is 10.3. The Labute approximate surface area is 188 Å². The highest BCUT2D eigenvalue weighted by Crippen LogP contribution is 2.34. The Kier molecular flexibility index (Phi) is 6.00. The number of carboxylic acid groups (broad SMARTS) is 1. The smallest absolute Gasteiger partial charge is 0.303 e. The second kappa shape index (κ2) is 8.88. The maximum absolute atomic E-state index is 13.2. The van der Waals surface area contributed by atoms with Crippen LogP contribution in [0.1, 0.15) is 24.8 Å². The van der Waals surface area contributed by atoms with Gasteiger partial charge in [-0.2, -0.15) is 0 Å². The Morgan fingerprint density at radius 2 is 1.78 bits per heavy atom. The standard InChI is InChI=1S/C22H19ClN2O7/c23-14-2-4-15(5-3-14)25-20(27)10-16(22(25)30)24(19(26)7-8-21(28)29)11-13-1-6-17-18(9-13)32-12-31-17/h1-6,9,16H,7-8,10-12H2,(H,28,29)/t16-/m1/s1. The van der Waals surface area contributed by atoms with Crippen molar-refractivity contribution in [3.8, 4) is 11.5 Å². The number of benzene rings is 2. The summed E-state index contributed by atoms with van der Waals surface area (Å²) < 4.78 is 10.7. The Hall–Kier alpha value is -3.59. The second-order valence-electron chi connectivity index (χ2n) is 7.37. The second-order valence-corrected chi connectivity index (χ2v) is 7.80. The molecule has 9 nitrogen and oxygen atoms in total. The van der Waals surface area contributed by atoms with Crippen LogP contribution in [0.25, 0.3) is 0 Å². The zero-order valence-electron chi connectivity index (χ0n) is 16.8. The molecule has 3 amide bonds. The predicted molar refractivity (Wildman–Crippen MR) is 112 cm³/mol. The number of carboxylic acids is 1. The summed E-state index contributed by atoms with van der Waals surface area (Å²) in [7, 11) is 0. The largest absolute Gasteiger partial charge is 0.481 e. The van der Waals surface area contributed by atoms with Crippen molar-refractivity contribution in [3.05, 3.63) is 53.1 Å². The Bertz CT molecular complexity index is 1090. The molecule has 4 rings (SSSR count). The van der Waals surface area contributed by atoms with E-state index in [1.54, 1.807) is 42.5 Å². The summed E-state index contributed by atoms with van der Waals surface area (Å²) in [6.45, 7) is 0.0962. The quantitative estimate of drug-likeness (QED) is 0.634. The number of hydrogen-bond donors (Lipinski definition) is 1. The first-order valence-corrected chi connectivity index (χ1v) is 10.2. The molecule has 0 radical (unpaired) electrons. The molecule has 32 heavy (non-hydrogen) atoms. The van der Waals surface area contributed by atoms with E-state index >= 15 is 0 Å². The highest BCUT2D eigenvalue weighted by atomic mass is 35.5. The van der Waals surface area contributed by atoms with Gasteiger partial charge in [-0.3, -0.25) is 19.2 Å². The first-order valence-electron chi connectivity index (χ1n) is 9.85. The number of ether oxygens (including phenoxy) is 2. The number of fused-ring (bicyclic) bond motifs is 1. The van der Waals surface area contributed by atoms with Crippen molar-refractivity contribution < 1.29 is 33.8 Å². The fourth-order valence-corrected chi connectivity index (χ4v) is 3.81. The van der Waals surface area contributed by atoms with E-state index in [1.807, 2.05) is 0 Å². The van der Waals surface area contributed by atoms with Crippen molar-refractivity contribution in [1.29, 1.82) is 0 Å². The average molecular weight is 459 g/mol. The molecule has 2 aromatic rings. The lowest BCUT2D eigenvalue weighted by molar-refractivity contribution is -0.143. The molecule has 1 N–H and O–H groups in total. The normalized spacial score (nSPS) is 17.0. The number of nitrogens with zero attached hydrogens (tertiary/aromatic N) is 2. The van der Waals surface area contributed by atoms with Crippen LogP contribution in [0.2, 0.25) is 5.02 Å². The van der Waals surface area contributed by atoms with Crippen LogP contribution < -0.4 is 14.4 Å². The van der Waals surface area contributed by atoms with Gasteiger partial charge in [-0.25, -0.2) is 4.90 Å². The number of hydrogen-bond acceptors (Lipinski definition) is 6. The average Bonchev–Trinajstić information content (AvgIpc) is 3.34. The lowest BCUT2D eigenvalue weighted by atomic mass is 10.1. The van der Waals surface area contributed by atoms with Crippen molar-refractivity contribution in [2.45, 2.75) is 31.8 Å². The molecule has 2 aromatic carbocycles. The maximum Gasteiger partial charge on any atom is 0.303 e. The maximum atomic E-state index is 13.2. The fourth-order valence-electron chi connectivity index (χ4n) is 3.69. The molecule has 1 atom stereocenters. The van der Waals surface area contributed by atoms with Crippen LogP contribution in [0.3, 0.4) is 0 Å². The molecular formula is C22H19ClN2O7. The van der Waals surface area contributed by atoms with Crippen molar-refractivity contribution in [2.24, 2.45) is 0 Å². The van der Waals surface area contributed by atoms with Gasteiger partial charge in [0.25, 0.3) is 5.91 Å². The van der Waals surface area contributed by atoms with Gasteiger partial charge in [0, 0.05) is 18.0 Å². The number of amides is 3. The third-order valence-corrected chi connectivity index (χ3v) is 5.50. The van der Waals surface area contributed by atoms with Crippen molar-refractivity contribution >= 4 is 41.0 Å². The van der Waals surface area contributed by atoms with Gasteiger partial charge < -0.3 is 19.5 Å². The van der Waals surface area contributed by atoms with E-state index in [2.05, 4.69) is 0 Å². The zero-order valence-corrected chi connectivity index (χ0v) is 17.6. The molecular weight excluding hydrogens is 440 g/mol. The highest BCUT2D eigenvalue weighted by molar-refractivity contribution is 6.30. The van der Waals surface area contributed by atoms with Crippen LogP contribution in [-0.2, 0) is 25.7 Å². The molecule has 2 heterocycles. The zero-order chi connectivity index (χ0) is 22.8. The van der Waals surface area contributed by atoms with E-state index in [1.165, 1.54) is 4.90 Å². The van der Waals surface area contributed by atoms with Crippen LogP contribution in [0.15, 0.2) is 42.5 Å². The highest BCUT2D eigenvalue weighted by Gasteiger charge is 2.44. The van der Waals surface area contributed by atoms with Crippen molar-refractivity contribution in [2.75, 3.05) is 11.7 Å². The van der Waals surface area contributed by atoms with E-state index < -0.39 is 29.7 Å². The molecule has 0 aliphatic carbocycles. The lowest BCUT2D eigenvalue weighted by Gasteiger charge is -2.28. The van der Waals surface area contributed by atoms with Gasteiger partial charge >= 0.3 is 5.97 Å². The molecule has 2 aliphatic heterocycles. The van der Waals surface area contributed by atoms with Gasteiger partial charge in [-0.05, 0) is 42.0 Å². The minimum absolute atomic E-state index is 0.00718. The van der Waals surface area contributed by atoms with Crippen LogP contribution >= 0.6 is 11.6 Å². The number of carbonyl (C=O) groups is 4. The third kappa shape index (κ3) is 4.38. The Balaban J connectivity index is 1.61. The molecule has 0 spiro atoms. The van der Waals surface area contributed by atoms with Gasteiger partial charge in [0.2, 0.25) is 18.6 Å². The summed E-state index contributed by atoms with van der Waals surface area (Å²) in [5.74, 6) is -1.59. The number of anilines is 1. The molecule has 166 valence electrons. The Morgan fingerprint density at radius 3 is 2.50 bits per heavy atom. The van der Waals surface area contributed by atoms with Gasteiger partial charge in [-0.15, -0.1) is 0 Å². The van der Waals surface area contributed by atoms with Gasteiger partial charge in [-0.1, -0.05) is 17.7 Å². The molecule has 1 saturated heterocycles. The monoisotopic (exact) mass is 458 g/mol.